The maximum absolute atomic E-state index is 12.0. The molecule has 1 heterocycles. The van der Waals surface area contributed by atoms with Gasteiger partial charge in [-0.3, -0.25) is 0 Å². The fourth-order valence-electron chi connectivity index (χ4n) is 0.593. The smallest absolute Gasteiger partial charge is 0.136 e. The SMILES string of the molecule is F[NH+]1CCOCC1. The zero-order valence-electron chi connectivity index (χ0n) is 4.11. The second kappa shape index (κ2) is 2.23. The fourth-order valence-corrected chi connectivity index (χ4v) is 0.593. The molecule has 0 unspecified atom stereocenters. The van der Waals surface area contributed by atoms with Crippen LogP contribution in [-0.4, -0.2) is 26.3 Å². The average molecular weight is 106 g/mol. The van der Waals surface area contributed by atoms with E-state index in [1.807, 2.05) is 0 Å². The first-order chi connectivity index (χ1) is 3.39. The maximum atomic E-state index is 12.0. The van der Waals surface area contributed by atoms with E-state index in [2.05, 4.69) is 0 Å². The molecule has 0 radical (unpaired) electrons. The maximum Gasteiger partial charge on any atom is 0.136 e. The van der Waals surface area contributed by atoms with Crippen molar-refractivity contribution in [2.75, 3.05) is 26.3 Å². The van der Waals surface area contributed by atoms with Gasteiger partial charge >= 0.3 is 0 Å². The van der Waals surface area contributed by atoms with E-state index in [4.69, 9.17) is 4.74 Å². The molecule has 0 aromatic carbocycles. The summed E-state index contributed by atoms with van der Waals surface area (Å²) in [6.45, 7) is 2.18. The summed E-state index contributed by atoms with van der Waals surface area (Å²) < 4.78 is 16.9. The van der Waals surface area contributed by atoms with Crippen LogP contribution in [0.3, 0.4) is 0 Å². The largest absolute Gasteiger partial charge is 0.369 e. The number of quaternary nitrogens is 1. The van der Waals surface area contributed by atoms with Gasteiger partial charge in [-0.1, -0.05) is 0 Å². The highest BCUT2D eigenvalue weighted by Gasteiger charge is 2.11. The summed E-state index contributed by atoms with van der Waals surface area (Å²) in [6.07, 6.45) is 0. The van der Waals surface area contributed by atoms with Gasteiger partial charge in [0.15, 0.2) is 0 Å². The summed E-state index contributed by atoms with van der Waals surface area (Å²) in [4.78, 5) is 0. The van der Waals surface area contributed by atoms with E-state index >= 15 is 0 Å². The molecule has 0 atom stereocenters. The molecule has 1 aliphatic rings. The van der Waals surface area contributed by atoms with Crippen molar-refractivity contribution in [1.82, 2.24) is 0 Å². The summed E-state index contributed by atoms with van der Waals surface area (Å²) in [6, 6.07) is 0. The minimum atomic E-state index is 0.0891. The first kappa shape index (κ1) is 5.00. The van der Waals surface area contributed by atoms with Gasteiger partial charge in [0, 0.05) is 0 Å². The van der Waals surface area contributed by atoms with E-state index in [1.165, 1.54) is 0 Å². The minimum absolute atomic E-state index is 0.0891. The van der Waals surface area contributed by atoms with E-state index in [9.17, 15) is 4.48 Å². The second-order valence-electron chi connectivity index (χ2n) is 1.63. The molecule has 2 nitrogen and oxygen atoms in total. The molecular formula is C4H9FNO+. The van der Waals surface area contributed by atoms with Crippen LogP contribution in [0, 0.1) is 0 Å². The first-order valence-corrected chi connectivity index (χ1v) is 2.47. The van der Waals surface area contributed by atoms with Crippen molar-refractivity contribution in [3.63, 3.8) is 0 Å². The van der Waals surface area contributed by atoms with Gasteiger partial charge in [0.05, 0.1) is 13.2 Å². The molecule has 0 aliphatic carbocycles. The van der Waals surface area contributed by atoms with Crippen molar-refractivity contribution in [3.8, 4) is 0 Å². The molecule has 0 aromatic heterocycles. The van der Waals surface area contributed by atoms with Gasteiger partial charge in [0.2, 0.25) is 0 Å². The molecule has 1 aliphatic heterocycles. The van der Waals surface area contributed by atoms with Gasteiger partial charge in [0.25, 0.3) is 0 Å². The van der Waals surface area contributed by atoms with Crippen LogP contribution in [0.15, 0.2) is 0 Å². The minimum Gasteiger partial charge on any atom is -0.369 e. The Balaban J connectivity index is 2.12. The Labute approximate surface area is 41.8 Å². The molecular weight excluding hydrogens is 97.0 g/mol. The molecule has 3 heteroatoms. The molecule has 7 heavy (non-hydrogen) atoms. The first-order valence-electron chi connectivity index (χ1n) is 2.47. The Hall–Kier alpha value is -0.150. The van der Waals surface area contributed by atoms with Gasteiger partial charge in [-0.15, -0.1) is 5.12 Å². The predicted octanol–water partition coefficient (Wildman–Crippen LogP) is -1.21. The normalized spacial score (nSPS) is 25.3. The number of hydrogen-bond acceptors (Lipinski definition) is 1. The lowest BCUT2D eigenvalue weighted by molar-refractivity contribution is -1.04. The molecule has 1 rings (SSSR count). The van der Waals surface area contributed by atoms with Crippen LogP contribution in [0.5, 0.6) is 0 Å². The number of halogens is 1. The van der Waals surface area contributed by atoms with Gasteiger partial charge < -0.3 is 4.74 Å². The van der Waals surface area contributed by atoms with E-state index in [0.717, 1.165) is 0 Å². The molecule has 0 saturated carbocycles. The lowest BCUT2D eigenvalue weighted by atomic mass is 10.5. The third-order valence-electron chi connectivity index (χ3n) is 1.04. The van der Waals surface area contributed by atoms with Crippen molar-refractivity contribution < 1.29 is 14.3 Å². The zero-order chi connectivity index (χ0) is 5.11. The van der Waals surface area contributed by atoms with Gasteiger partial charge in [-0.05, 0) is 4.48 Å². The van der Waals surface area contributed by atoms with Crippen LogP contribution in [0.2, 0.25) is 0 Å². The van der Waals surface area contributed by atoms with Gasteiger partial charge in [0.1, 0.15) is 13.1 Å². The van der Waals surface area contributed by atoms with Crippen molar-refractivity contribution in [1.29, 1.82) is 0 Å². The Morgan fingerprint density at radius 1 is 1.29 bits per heavy atom. The van der Waals surface area contributed by atoms with Crippen LogP contribution < -0.4 is 5.12 Å². The van der Waals surface area contributed by atoms with E-state index < -0.39 is 0 Å². The summed E-state index contributed by atoms with van der Waals surface area (Å²) >= 11 is 0. The molecule has 0 amide bonds. The Morgan fingerprint density at radius 3 is 2.14 bits per heavy atom. The zero-order valence-corrected chi connectivity index (χ0v) is 4.11. The monoisotopic (exact) mass is 106 g/mol. The van der Waals surface area contributed by atoms with Crippen molar-refractivity contribution >= 4 is 0 Å². The quantitative estimate of drug-likeness (QED) is 0.382. The Bertz CT molecular complexity index is 53.7. The number of ether oxygens (including phenoxy) is 1. The van der Waals surface area contributed by atoms with Crippen LogP contribution >= 0.6 is 0 Å². The molecule has 1 saturated heterocycles. The summed E-state index contributed by atoms with van der Waals surface area (Å²) in [7, 11) is 0. The van der Waals surface area contributed by atoms with Crippen LogP contribution in [0.1, 0.15) is 0 Å². The van der Waals surface area contributed by atoms with Crippen LogP contribution in [-0.2, 0) is 4.74 Å². The molecule has 0 spiro atoms. The number of hydrogen-bond donors (Lipinski definition) is 1. The van der Waals surface area contributed by atoms with Crippen molar-refractivity contribution in [2.24, 2.45) is 0 Å². The third-order valence-corrected chi connectivity index (χ3v) is 1.04. The molecule has 42 valence electrons. The molecule has 0 bridgehead atoms. The van der Waals surface area contributed by atoms with E-state index in [-0.39, 0.29) is 5.12 Å². The second-order valence-corrected chi connectivity index (χ2v) is 1.63. The lowest BCUT2D eigenvalue weighted by Crippen LogP contribution is -3.07. The highest BCUT2D eigenvalue weighted by molar-refractivity contribution is 4.32. The predicted molar refractivity (Wildman–Crippen MR) is 22.6 cm³/mol. The fraction of sp³-hybridized carbons (Fsp3) is 1.00. The third kappa shape index (κ3) is 1.41. The highest BCUT2D eigenvalue weighted by Crippen LogP contribution is 1.73. The Morgan fingerprint density at radius 2 is 1.86 bits per heavy atom. The van der Waals surface area contributed by atoms with Gasteiger partial charge in [-0.25, -0.2) is 0 Å². The molecule has 0 aromatic rings. The van der Waals surface area contributed by atoms with Gasteiger partial charge in [-0.2, -0.15) is 0 Å². The van der Waals surface area contributed by atoms with Crippen LogP contribution in [0.4, 0.5) is 4.48 Å². The number of rotatable bonds is 0. The Kier molecular flexibility index (Phi) is 1.59. The summed E-state index contributed by atoms with van der Waals surface area (Å²) in [5.74, 6) is 0. The summed E-state index contributed by atoms with van der Waals surface area (Å²) in [5.41, 5.74) is 0. The number of morpholine rings is 1. The lowest BCUT2D eigenvalue weighted by Gasteiger charge is -2.12. The van der Waals surface area contributed by atoms with Crippen LogP contribution in [0.25, 0.3) is 0 Å². The topological polar surface area (TPSA) is 13.7 Å². The molecule has 1 fully saturated rings. The summed E-state index contributed by atoms with van der Waals surface area (Å²) in [5, 5.41) is 0.0891. The van der Waals surface area contributed by atoms with Crippen molar-refractivity contribution in [3.05, 3.63) is 0 Å². The van der Waals surface area contributed by atoms with E-state index in [1.54, 1.807) is 0 Å². The standard InChI is InChI=1S/C4H8FNO/c5-6-1-3-7-4-2-6/h1-4H2/p+1. The molecule has 1 N–H and O–H groups in total. The highest BCUT2D eigenvalue weighted by atomic mass is 19.2. The van der Waals surface area contributed by atoms with Crippen molar-refractivity contribution in [2.45, 2.75) is 0 Å². The van der Waals surface area contributed by atoms with E-state index in [0.29, 0.717) is 26.3 Å². The average Bonchev–Trinajstić information content (AvgIpc) is 1.69. The number of nitrogens with one attached hydrogen (secondary N) is 1.